The monoisotopic (exact) mass is 524 g/mol. The lowest BCUT2D eigenvalue weighted by Gasteiger charge is -2.12. The van der Waals surface area contributed by atoms with Gasteiger partial charge < -0.3 is 14.2 Å². The number of amides is 1. The number of nitrogens with zero attached hydrogens (tertiary/aromatic N) is 1. The molecule has 0 aliphatic carbocycles. The van der Waals surface area contributed by atoms with Crippen LogP contribution in [0, 0.1) is 20.8 Å². The summed E-state index contributed by atoms with van der Waals surface area (Å²) in [7, 11) is 1.47. The Balaban J connectivity index is 1.63. The van der Waals surface area contributed by atoms with Gasteiger partial charge in [0.2, 0.25) is 0 Å². The number of rotatable bonds is 8. The molecule has 0 unspecified atom stereocenters. The zero-order valence-corrected chi connectivity index (χ0v) is 20.9. The molecule has 8 heteroatoms. The van der Waals surface area contributed by atoms with Gasteiger partial charge in [-0.1, -0.05) is 29.8 Å². The molecule has 1 amide bonds. The summed E-state index contributed by atoms with van der Waals surface area (Å²) in [5, 5.41) is 3.97. The van der Waals surface area contributed by atoms with Gasteiger partial charge in [-0.15, -0.1) is 0 Å². The highest BCUT2D eigenvalue weighted by molar-refractivity contribution is 9.10. The van der Waals surface area contributed by atoms with Gasteiger partial charge in [-0.3, -0.25) is 4.79 Å². The average molecular weight is 525 g/mol. The van der Waals surface area contributed by atoms with Crippen molar-refractivity contribution >= 4 is 34.0 Å². The van der Waals surface area contributed by atoms with Gasteiger partial charge in [-0.25, -0.2) is 10.2 Å². The Morgan fingerprint density at radius 3 is 2.47 bits per heavy atom. The molecule has 1 N–H and O–H groups in total. The van der Waals surface area contributed by atoms with E-state index in [4.69, 9.17) is 14.2 Å². The first kappa shape index (κ1) is 25.0. The number of nitrogens with one attached hydrogen (secondary N) is 1. The summed E-state index contributed by atoms with van der Waals surface area (Å²) in [6.45, 7) is 5.69. The quantitative estimate of drug-likeness (QED) is 0.191. The molecule has 0 aliphatic heterocycles. The van der Waals surface area contributed by atoms with Gasteiger partial charge in [-0.05, 0) is 83.7 Å². The number of carbonyl (C=O) groups is 2. The molecular weight excluding hydrogens is 500 g/mol. The molecule has 0 saturated carbocycles. The van der Waals surface area contributed by atoms with E-state index in [-0.39, 0.29) is 12.4 Å². The third-order valence-electron chi connectivity index (χ3n) is 5.05. The number of esters is 1. The molecule has 3 rings (SSSR count). The van der Waals surface area contributed by atoms with Crippen LogP contribution >= 0.6 is 15.9 Å². The second kappa shape index (κ2) is 11.5. The number of benzene rings is 3. The third-order valence-corrected chi connectivity index (χ3v) is 5.64. The SMILES string of the molecule is COc1cc(/C=N\NC(=O)COc2cccc(C)c2C)cc(Br)c1OC(=O)c1ccc(C)cc1. The van der Waals surface area contributed by atoms with E-state index in [2.05, 4.69) is 26.5 Å². The van der Waals surface area contributed by atoms with Crippen LogP contribution in [0.2, 0.25) is 0 Å². The number of ether oxygens (including phenoxy) is 3. The Bertz CT molecular complexity index is 1220. The summed E-state index contributed by atoms with van der Waals surface area (Å²) in [4.78, 5) is 24.6. The standard InChI is InChI=1S/C26H25BrN2O5/c1-16-8-10-20(11-9-16)26(31)34-25-21(27)12-19(13-23(25)32-4)14-28-29-24(30)15-33-22-7-5-6-17(2)18(22)3/h5-14H,15H2,1-4H3,(H,29,30)/b28-14-. The van der Waals surface area contributed by atoms with Crippen LogP contribution in [-0.4, -0.2) is 31.8 Å². The van der Waals surface area contributed by atoms with Crippen LogP contribution in [0.4, 0.5) is 0 Å². The van der Waals surface area contributed by atoms with Crippen molar-refractivity contribution in [1.29, 1.82) is 0 Å². The first-order chi connectivity index (χ1) is 16.3. The first-order valence-corrected chi connectivity index (χ1v) is 11.2. The number of hydrogen-bond donors (Lipinski definition) is 1. The van der Waals surface area contributed by atoms with E-state index < -0.39 is 11.9 Å². The van der Waals surface area contributed by atoms with Gasteiger partial charge >= 0.3 is 5.97 Å². The highest BCUT2D eigenvalue weighted by Gasteiger charge is 2.17. The Hall–Kier alpha value is -3.65. The van der Waals surface area contributed by atoms with Gasteiger partial charge in [0.1, 0.15) is 5.75 Å². The van der Waals surface area contributed by atoms with E-state index in [0.717, 1.165) is 16.7 Å². The summed E-state index contributed by atoms with van der Waals surface area (Å²) in [6, 6.07) is 16.1. The second-order valence-corrected chi connectivity index (χ2v) is 8.42. The van der Waals surface area contributed by atoms with E-state index >= 15 is 0 Å². The average Bonchev–Trinajstić information content (AvgIpc) is 2.81. The van der Waals surface area contributed by atoms with E-state index in [0.29, 0.717) is 27.1 Å². The van der Waals surface area contributed by atoms with Gasteiger partial charge in [0.15, 0.2) is 18.1 Å². The molecule has 3 aromatic rings. The summed E-state index contributed by atoms with van der Waals surface area (Å²) in [5.74, 6) is 0.337. The number of carbonyl (C=O) groups excluding carboxylic acids is 2. The van der Waals surface area contributed by atoms with Crippen LogP contribution in [-0.2, 0) is 4.79 Å². The molecule has 7 nitrogen and oxygen atoms in total. The molecule has 34 heavy (non-hydrogen) atoms. The minimum atomic E-state index is -0.503. The lowest BCUT2D eigenvalue weighted by molar-refractivity contribution is -0.123. The van der Waals surface area contributed by atoms with Crippen molar-refractivity contribution in [3.05, 3.63) is 86.9 Å². The Kier molecular flexibility index (Phi) is 8.43. The first-order valence-electron chi connectivity index (χ1n) is 10.5. The van der Waals surface area contributed by atoms with E-state index in [9.17, 15) is 9.59 Å². The van der Waals surface area contributed by atoms with Gasteiger partial charge in [0, 0.05) is 0 Å². The molecule has 0 spiro atoms. The zero-order valence-electron chi connectivity index (χ0n) is 19.3. The highest BCUT2D eigenvalue weighted by Crippen LogP contribution is 2.36. The zero-order chi connectivity index (χ0) is 24.7. The normalized spacial score (nSPS) is 10.7. The summed E-state index contributed by atoms with van der Waals surface area (Å²) in [5.41, 5.74) is 6.59. The van der Waals surface area contributed by atoms with Gasteiger partial charge in [0.05, 0.1) is 23.4 Å². The fraction of sp³-hybridized carbons (Fsp3) is 0.192. The van der Waals surface area contributed by atoms with Crippen molar-refractivity contribution in [1.82, 2.24) is 5.43 Å². The maximum atomic E-state index is 12.5. The second-order valence-electron chi connectivity index (χ2n) is 7.57. The predicted octanol–water partition coefficient (Wildman–Crippen LogP) is 5.13. The largest absolute Gasteiger partial charge is 0.493 e. The molecule has 176 valence electrons. The van der Waals surface area contributed by atoms with Crippen LogP contribution in [0.25, 0.3) is 0 Å². The van der Waals surface area contributed by atoms with Crippen molar-refractivity contribution in [2.75, 3.05) is 13.7 Å². The van der Waals surface area contributed by atoms with E-state index in [1.165, 1.54) is 13.3 Å². The topological polar surface area (TPSA) is 86.2 Å². The summed E-state index contributed by atoms with van der Waals surface area (Å²) < 4.78 is 17.0. The third kappa shape index (κ3) is 6.45. The maximum Gasteiger partial charge on any atom is 0.343 e. The number of halogens is 1. The molecule has 0 atom stereocenters. The molecule has 0 aromatic heterocycles. The minimum absolute atomic E-state index is 0.164. The molecule has 0 bridgehead atoms. The van der Waals surface area contributed by atoms with Crippen LogP contribution in [0.5, 0.6) is 17.2 Å². The molecule has 0 aliphatic rings. The lowest BCUT2D eigenvalue weighted by atomic mass is 10.1. The fourth-order valence-corrected chi connectivity index (χ4v) is 3.53. The minimum Gasteiger partial charge on any atom is -0.493 e. The van der Waals surface area contributed by atoms with Crippen molar-refractivity contribution in [2.24, 2.45) is 5.10 Å². The summed E-state index contributed by atoms with van der Waals surface area (Å²) >= 11 is 3.41. The van der Waals surface area contributed by atoms with Crippen molar-refractivity contribution in [3.8, 4) is 17.2 Å². The van der Waals surface area contributed by atoms with Gasteiger partial charge in [0.25, 0.3) is 5.91 Å². The predicted molar refractivity (Wildman–Crippen MR) is 134 cm³/mol. The number of hydrogen-bond acceptors (Lipinski definition) is 6. The number of methoxy groups -OCH3 is 1. The Labute approximate surface area is 206 Å². The van der Waals surface area contributed by atoms with Crippen molar-refractivity contribution in [3.63, 3.8) is 0 Å². The van der Waals surface area contributed by atoms with Crippen LogP contribution < -0.4 is 19.6 Å². The number of aryl methyl sites for hydroxylation is 2. The number of hydrazone groups is 1. The highest BCUT2D eigenvalue weighted by atomic mass is 79.9. The Morgan fingerprint density at radius 2 is 1.76 bits per heavy atom. The van der Waals surface area contributed by atoms with Crippen molar-refractivity contribution < 1.29 is 23.8 Å². The van der Waals surface area contributed by atoms with Crippen LogP contribution in [0.15, 0.2) is 64.2 Å². The lowest BCUT2D eigenvalue weighted by Crippen LogP contribution is -2.24. The summed E-state index contributed by atoms with van der Waals surface area (Å²) in [6.07, 6.45) is 1.45. The molecule has 0 heterocycles. The van der Waals surface area contributed by atoms with Crippen molar-refractivity contribution in [2.45, 2.75) is 20.8 Å². The van der Waals surface area contributed by atoms with Gasteiger partial charge in [-0.2, -0.15) is 5.10 Å². The van der Waals surface area contributed by atoms with E-state index in [1.54, 1.807) is 24.3 Å². The van der Waals surface area contributed by atoms with E-state index in [1.807, 2.05) is 51.1 Å². The molecule has 0 saturated heterocycles. The fourth-order valence-electron chi connectivity index (χ4n) is 2.99. The molecule has 0 fully saturated rings. The van der Waals surface area contributed by atoms with Crippen LogP contribution in [0.3, 0.4) is 0 Å². The molecule has 3 aromatic carbocycles. The molecule has 0 radical (unpaired) electrons. The maximum absolute atomic E-state index is 12.5. The van der Waals surface area contributed by atoms with Crippen LogP contribution in [0.1, 0.15) is 32.6 Å². The Morgan fingerprint density at radius 1 is 1.03 bits per heavy atom. The smallest absolute Gasteiger partial charge is 0.343 e. The molecular formula is C26H25BrN2O5.